The Bertz CT molecular complexity index is 411. The van der Waals surface area contributed by atoms with Crippen LogP contribution in [0.15, 0.2) is 18.2 Å². The Morgan fingerprint density at radius 2 is 1.71 bits per heavy atom. The molecule has 2 fully saturated rings. The molecule has 1 aromatic carbocycles. The van der Waals surface area contributed by atoms with Crippen molar-refractivity contribution in [2.45, 2.75) is 37.4 Å². The predicted molar refractivity (Wildman–Crippen MR) is 71.5 cm³/mol. The normalized spacial score (nSPS) is 29.8. The SMILES string of the molecule is NC1CCN(C2CC2)C1c1cc(Cl)cc(Cl)c1. The molecule has 0 amide bonds. The monoisotopic (exact) mass is 270 g/mol. The van der Waals surface area contributed by atoms with Gasteiger partial charge < -0.3 is 5.73 Å². The summed E-state index contributed by atoms with van der Waals surface area (Å²) in [7, 11) is 0. The molecular formula is C13H16Cl2N2. The van der Waals surface area contributed by atoms with Gasteiger partial charge in [-0.2, -0.15) is 0 Å². The minimum atomic E-state index is 0.199. The third-order valence-electron chi connectivity index (χ3n) is 3.73. The van der Waals surface area contributed by atoms with Crippen LogP contribution in [-0.4, -0.2) is 23.5 Å². The van der Waals surface area contributed by atoms with Crippen molar-refractivity contribution in [1.29, 1.82) is 0 Å². The number of likely N-dealkylation sites (tertiary alicyclic amines) is 1. The second-order valence-electron chi connectivity index (χ2n) is 5.07. The number of nitrogens with zero attached hydrogens (tertiary/aromatic N) is 1. The van der Waals surface area contributed by atoms with Crippen LogP contribution < -0.4 is 5.73 Å². The second kappa shape index (κ2) is 4.43. The zero-order valence-corrected chi connectivity index (χ0v) is 11.1. The molecule has 1 saturated heterocycles. The summed E-state index contributed by atoms with van der Waals surface area (Å²) in [4.78, 5) is 2.52. The number of rotatable bonds is 2. The highest BCUT2D eigenvalue weighted by Gasteiger charge is 2.41. The van der Waals surface area contributed by atoms with Crippen molar-refractivity contribution in [2.75, 3.05) is 6.54 Å². The Morgan fingerprint density at radius 1 is 1.06 bits per heavy atom. The van der Waals surface area contributed by atoms with Crippen molar-refractivity contribution in [1.82, 2.24) is 4.90 Å². The summed E-state index contributed by atoms with van der Waals surface area (Å²) in [5.74, 6) is 0. The van der Waals surface area contributed by atoms with Crippen LogP contribution in [0, 0.1) is 0 Å². The third-order valence-corrected chi connectivity index (χ3v) is 4.16. The fourth-order valence-corrected chi connectivity index (χ4v) is 3.38. The van der Waals surface area contributed by atoms with E-state index < -0.39 is 0 Å². The highest BCUT2D eigenvalue weighted by atomic mass is 35.5. The molecular weight excluding hydrogens is 255 g/mol. The number of hydrogen-bond acceptors (Lipinski definition) is 2. The van der Waals surface area contributed by atoms with E-state index in [1.165, 1.54) is 18.4 Å². The molecule has 92 valence electrons. The van der Waals surface area contributed by atoms with Crippen molar-refractivity contribution < 1.29 is 0 Å². The van der Waals surface area contributed by atoms with E-state index >= 15 is 0 Å². The van der Waals surface area contributed by atoms with Crippen LogP contribution in [0.4, 0.5) is 0 Å². The maximum Gasteiger partial charge on any atom is 0.0503 e. The van der Waals surface area contributed by atoms with E-state index in [-0.39, 0.29) is 6.04 Å². The first-order valence-corrected chi connectivity index (χ1v) is 6.88. The van der Waals surface area contributed by atoms with Gasteiger partial charge in [-0.25, -0.2) is 0 Å². The van der Waals surface area contributed by atoms with E-state index in [2.05, 4.69) is 4.90 Å². The fourth-order valence-electron chi connectivity index (χ4n) is 2.84. The highest BCUT2D eigenvalue weighted by molar-refractivity contribution is 6.34. The minimum absolute atomic E-state index is 0.199. The van der Waals surface area contributed by atoms with Gasteiger partial charge in [0.2, 0.25) is 0 Å². The van der Waals surface area contributed by atoms with Crippen LogP contribution in [-0.2, 0) is 0 Å². The zero-order valence-electron chi connectivity index (χ0n) is 9.57. The molecule has 4 heteroatoms. The van der Waals surface area contributed by atoms with E-state index in [9.17, 15) is 0 Å². The quantitative estimate of drug-likeness (QED) is 0.894. The summed E-state index contributed by atoms with van der Waals surface area (Å²) in [6.45, 7) is 1.10. The zero-order chi connectivity index (χ0) is 12.0. The maximum atomic E-state index is 6.24. The van der Waals surface area contributed by atoms with Crippen LogP contribution in [0.3, 0.4) is 0 Å². The first kappa shape index (κ1) is 11.8. The number of nitrogens with two attached hydrogens (primary N) is 1. The summed E-state index contributed by atoms with van der Waals surface area (Å²) in [6, 6.07) is 6.99. The van der Waals surface area contributed by atoms with Crippen LogP contribution in [0.1, 0.15) is 30.9 Å². The maximum absolute atomic E-state index is 6.24. The number of benzene rings is 1. The fraction of sp³-hybridized carbons (Fsp3) is 0.538. The largest absolute Gasteiger partial charge is 0.326 e. The molecule has 0 spiro atoms. The molecule has 0 radical (unpaired) electrons. The molecule has 1 aliphatic heterocycles. The molecule has 0 aromatic heterocycles. The Morgan fingerprint density at radius 3 is 2.29 bits per heavy atom. The van der Waals surface area contributed by atoms with Gasteiger partial charge in [-0.1, -0.05) is 23.2 Å². The Kier molecular flexibility index (Phi) is 3.07. The molecule has 1 heterocycles. The van der Waals surface area contributed by atoms with Gasteiger partial charge in [0.25, 0.3) is 0 Å². The molecule has 1 aromatic rings. The van der Waals surface area contributed by atoms with Gasteiger partial charge in [0.1, 0.15) is 0 Å². The summed E-state index contributed by atoms with van der Waals surface area (Å²) < 4.78 is 0. The van der Waals surface area contributed by atoms with Gasteiger partial charge in [0.15, 0.2) is 0 Å². The third kappa shape index (κ3) is 2.32. The average molecular weight is 271 g/mol. The van der Waals surface area contributed by atoms with Crippen LogP contribution >= 0.6 is 23.2 Å². The van der Waals surface area contributed by atoms with Gasteiger partial charge in [0.05, 0.1) is 6.04 Å². The van der Waals surface area contributed by atoms with E-state index in [1.807, 2.05) is 12.1 Å². The molecule has 2 N–H and O–H groups in total. The van der Waals surface area contributed by atoms with Gasteiger partial charge in [0, 0.05) is 28.7 Å². The molecule has 2 nitrogen and oxygen atoms in total. The van der Waals surface area contributed by atoms with Crippen molar-refractivity contribution in [3.05, 3.63) is 33.8 Å². The standard InChI is InChI=1S/C13H16Cl2N2/c14-9-5-8(6-10(15)7-9)13-12(16)3-4-17(13)11-1-2-11/h5-7,11-13H,1-4,16H2. The van der Waals surface area contributed by atoms with Crippen molar-refractivity contribution >= 4 is 23.2 Å². The van der Waals surface area contributed by atoms with Gasteiger partial charge in [-0.3, -0.25) is 4.90 Å². The Labute approximate surface area is 112 Å². The number of hydrogen-bond donors (Lipinski definition) is 1. The van der Waals surface area contributed by atoms with Crippen molar-refractivity contribution in [3.63, 3.8) is 0 Å². The second-order valence-corrected chi connectivity index (χ2v) is 5.94. The molecule has 1 aliphatic carbocycles. The molecule has 0 bridgehead atoms. The predicted octanol–water partition coefficient (Wildman–Crippen LogP) is 3.23. The van der Waals surface area contributed by atoms with E-state index in [0.29, 0.717) is 16.1 Å². The van der Waals surface area contributed by atoms with Gasteiger partial charge >= 0.3 is 0 Å². The topological polar surface area (TPSA) is 29.3 Å². The Hall–Kier alpha value is -0.280. The van der Waals surface area contributed by atoms with Crippen LogP contribution in [0.5, 0.6) is 0 Å². The molecule has 3 rings (SSSR count). The Balaban J connectivity index is 1.94. The van der Waals surface area contributed by atoms with Crippen molar-refractivity contribution in [2.24, 2.45) is 5.73 Å². The lowest BCUT2D eigenvalue weighted by Crippen LogP contribution is -2.33. The molecule has 2 aliphatic rings. The smallest absolute Gasteiger partial charge is 0.0503 e. The summed E-state index contributed by atoms with van der Waals surface area (Å²) >= 11 is 12.2. The average Bonchev–Trinajstić information content (AvgIpc) is 3.01. The van der Waals surface area contributed by atoms with E-state index in [4.69, 9.17) is 28.9 Å². The first-order chi connectivity index (χ1) is 8.15. The lowest BCUT2D eigenvalue weighted by atomic mass is 10.0. The summed E-state index contributed by atoms with van der Waals surface area (Å²) in [6.07, 6.45) is 3.67. The minimum Gasteiger partial charge on any atom is -0.326 e. The van der Waals surface area contributed by atoms with Crippen molar-refractivity contribution in [3.8, 4) is 0 Å². The highest BCUT2D eigenvalue weighted by Crippen LogP contribution is 2.41. The van der Waals surface area contributed by atoms with E-state index in [1.54, 1.807) is 6.07 Å². The van der Waals surface area contributed by atoms with Crippen LogP contribution in [0.25, 0.3) is 0 Å². The molecule has 17 heavy (non-hydrogen) atoms. The van der Waals surface area contributed by atoms with Gasteiger partial charge in [-0.05, 0) is 43.0 Å². The molecule has 2 atom stereocenters. The molecule has 2 unspecified atom stereocenters. The number of halogens is 2. The lowest BCUT2D eigenvalue weighted by Gasteiger charge is -2.27. The van der Waals surface area contributed by atoms with E-state index in [0.717, 1.165) is 19.0 Å². The summed E-state index contributed by atoms with van der Waals surface area (Å²) in [5.41, 5.74) is 7.41. The first-order valence-electron chi connectivity index (χ1n) is 6.12. The summed E-state index contributed by atoms with van der Waals surface area (Å²) in [5, 5.41) is 1.39. The lowest BCUT2D eigenvalue weighted by molar-refractivity contribution is 0.237. The van der Waals surface area contributed by atoms with Crippen LogP contribution in [0.2, 0.25) is 10.0 Å². The van der Waals surface area contributed by atoms with Gasteiger partial charge in [-0.15, -0.1) is 0 Å². The molecule has 1 saturated carbocycles.